The van der Waals surface area contributed by atoms with Crippen molar-refractivity contribution in [3.05, 3.63) is 0 Å². The molecule has 0 aliphatic heterocycles. The van der Waals surface area contributed by atoms with Crippen LogP contribution in [0.25, 0.3) is 0 Å². The number of amides is 4. The molecule has 0 spiro atoms. The zero-order chi connectivity index (χ0) is 32.7. The van der Waals surface area contributed by atoms with Crippen LogP contribution < -0.4 is 56.5 Å². The van der Waals surface area contributed by atoms with E-state index in [1.807, 2.05) is 0 Å². The van der Waals surface area contributed by atoms with Crippen molar-refractivity contribution in [3.63, 3.8) is 0 Å². The van der Waals surface area contributed by atoms with Crippen molar-refractivity contribution in [2.45, 2.75) is 118 Å². The smallest absolute Gasteiger partial charge is 0.853 e. The van der Waals surface area contributed by atoms with E-state index < -0.39 is 46.8 Å². The van der Waals surface area contributed by atoms with Crippen molar-refractivity contribution in [3.8, 4) is 0 Å². The molecule has 0 bridgehead atoms. The SMILES string of the molecule is CC(C)(C)OC(=O)N(CCCBr)C(=O)OC(C)(C)C.CC(C)(C)OC(=O)N(CCCOCC[O-])C(=O)OC(C)(C)C.[K+]. The van der Waals surface area contributed by atoms with Crippen molar-refractivity contribution in [1.82, 2.24) is 9.80 Å². The van der Waals surface area contributed by atoms with E-state index in [1.54, 1.807) is 83.1 Å². The van der Waals surface area contributed by atoms with Crippen LogP contribution in [0.5, 0.6) is 0 Å². The fraction of sp³-hybridized carbons (Fsp3) is 0.857. The van der Waals surface area contributed by atoms with Gasteiger partial charge in [0.2, 0.25) is 0 Å². The van der Waals surface area contributed by atoms with E-state index >= 15 is 0 Å². The van der Waals surface area contributed by atoms with E-state index in [2.05, 4.69) is 15.9 Å². The summed E-state index contributed by atoms with van der Waals surface area (Å²) in [5.41, 5.74) is -2.72. The van der Waals surface area contributed by atoms with Gasteiger partial charge in [-0.2, -0.15) is 0 Å². The van der Waals surface area contributed by atoms with Crippen molar-refractivity contribution >= 4 is 40.3 Å². The molecule has 0 saturated heterocycles. The number of hydrogen-bond acceptors (Lipinski definition) is 10. The second kappa shape index (κ2) is 21.3. The van der Waals surface area contributed by atoms with Gasteiger partial charge in [0.15, 0.2) is 0 Å². The Balaban J connectivity index is -0.000000715. The molecule has 0 heterocycles. The van der Waals surface area contributed by atoms with Crippen LogP contribution in [0, 0.1) is 0 Å². The van der Waals surface area contributed by atoms with Crippen LogP contribution in [-0.2, 0) is 23.7 Å². The van der Waals surface area contributed by atoms with Crippen molar-refractivity contribution in [2.24, 2.45) is 0 Å². The van der Waals surface area contributed by atoms with E-state index in [4.69, 9.17) is 23.7 Å². The van der Waals surface area contributed by atoms with Gasteiger partial charge in [-0.15, -0.1) is 6.61 Å². The van der Waals surface area contributed by atoms with Gasteiger partial charge in [0.25, 0.3) is 0 Å². The van der Waals surface area contributed by atoms with Gasteiger partial charge in [-0.25, -0.2) is 29.0 Å². The van der Waals surface area contributed by atoms with Crippen LogP contribution in [0.2, 0.25) is 0 Å². The van der Waals surface area contributed by atoms with E-state index in [9.17, 15) is 24.3 Å². The van der Waals surface area contributed by atoms with Gasteiger partial charge in [-0.3, -0.25) is 0 Å². The number of ether oxygens (including phenoxy) is 5. The predicted octanol–water partition coefficient (Wildman–Crippen LogP) is 2.87. The van der Waals surface area contributed by atoms with E-state index in [1.165, 1.54) is 0 Å². The minimum Gasteiger partial charge on any atom is -0.853 e. The molecule has 12 nitrogen and oxygen atoms in total. The second-order valence-corrected chi connectivity index (χ2v) is 13.7. The Bertz CT molecular complexity index is 759. The monoisotopic (exact) mass is 694 g/mol. The van der Waals surface area contributed by atoms with Gasteiger partial charge in [-0.1, -0.05) is 15.9 Å². The number of rotatable bonds is 9. The van der Waals surface area contributed by atoms with Gasteiger partial charge >= 0.3 is 75.8 Å². The molecule has 0 N–H and O–H groups in total. The maximum atomic E-state index is 12.1. The molecule has 0 saturated carbocycles. The van der Waals surface area contributed by atoms with Gasteiger partial charge in [-0.05, 0) is 95.9 Å². The predicted molar refractivity (Wildman–Crippen MR) is 157 cm³/mol. The molecule has 0 rings (SSSR count). The normalized spacial score (nSPS) is 11.7. The van der Waals surface area contributed by atoms with Gasteiger partial charge in [0.1, 0.15) is 22.4 Å². The minimum atomic E-state index is -0.759. The maximum Gasteiger partial charge on any atom is 1.00 e. The summed E-state index contributed by atoms with van der Waals surface area (Å²) < 4.78 is 25.9. The van der Waals surface area contributed by atoms with E-state index in [-0.39, 0.29) is 84.3 Å². The molecule has 0 aromatic carbocycles. The Kier molecular flexibility index (Phi) is 23.3. The first-order valence-electron chi connectivity index (χ1n) is 13.6. The van der Waals surface area contributed by atoms with Crippen LogP contribution in [0.4, 0.5) is 19.2 Å². The van der Waals surface area contributed by atoms with Crippen molar-refractivity contribution in [1.29, 1.82) is 0 Å². The average Bonchev–Trinajstić information content (AvgIpc) is 2.71. The molecule has 0 unspecified atom stereocenters. The third-order valence-corrected chi connectivity index (χ3v) is 4.43. The summed E-state index contributed by atoms with van der Waals surface area (Å²) in [5.74, 6) is 0. The molecule has 0 aliphatic carbocycles. The Labute approximate surface area is 303 Å². The first kappa shape index (κ1) is 45.9. The third-order valence-electron chi connectivity index (χ3n) is 3.87. The van der Waals surface area contributed by atoms with Crippen LogP contribution in [0.15, 0.2) is 0 Å². The van der Waals surface area contributed by atoms with Crippen molar-refractivity contribution in [2.75, 3.05) is 38.2 Å². The molecule has 0 aromatic heterocycles. The average molecular weight is 696 g/mol. The summed E-state index contributed by atoms with van der Waals surface area (Å²) in [6.07, 6.45) is -1.83. The van der Waals surface area contributed by atoms with E-state index in [0.717, 1.165) is 9.80 Å². The summed E-state index contributed by atoms with van der Waals surface area (Å²) in [4.78, 5) is 50.1. The molecule has 42 heavy (non-hydrogen) atoms. The quantitative estimate of drug-likeness (QED) is 0.153. The maximum absolute atomic E-state index is 12.1. The molecule has 0 aliphatic rings. The molecule has 4 amide bonds. The van der Waals surface area contributed by atoms with E-state index in [0.29, 0.717) is 18.2 Å². The first-order chi connectivity index (χ1) is 18.4. The van der Waals surface area contributed by atoms with Crippen LogP contribution in [-0.4, -0.2) is 94.8 Å². The van der Waals surface area contributed by atoms with Gasteiger partial charge < -0.3 is 28.8 Å². The number of alkyl halides is 1. The number of imide groups is 2. The summed E-state index contributed by atoms with van der Waals surface area (Å²) in [6.45, 7) is 21.3. The summed E-state index contributed by atoms with van der Waals surface area (Å²) >= 11 is 3.27. The Morgan fingerprint density at radius 1 is 0.571 bits per heavy atom. The standard InChI is InChI=1S/C15H28NO6.C13H24BrNO4.K/c1-14(2,3)21-12(18)16(8-7-10-20-11-9-17)13(19)22-15(4,5)6;1-12(2,3)18-10(16)15(9-7-8-14)11(17)19-13(4,5)6;/h7-11H2,1-6H3;7-9H2,1-6H3;/q-1;;+1. The number of halogens is 1. The third kappa shape index (κ3) is 27.1. The zero-order valence-corrected chi connectivity index (χ0v) is 32.7. The van der Waals surface area contributed by atoms with Crippen LogP contribution >= 0.6 is 15.9 Å². The molecule has 0 fully saturated rings. The van der Waals surface area contributed by atoms with Crippen LogP contribution in [0.3, 0.4) is 0 Å². The summed E-state index contributed by atoms with van der Waals surface area (Å²) in [5, 5.41) is 11.0. The molecular formula is C28H52BrKN2O10. The van der Waals surface area contributed by atoms with Crippen molar-refractivity contribution < 1.29 is 99.4 Å². The molecule has 0 atom stereocenters. The number of nitrogens with zero attached hydrogens (tertiary/aromatic N) is 2. The molecule has 0 aromatic rings. The Hall–Kier alpha value is -0.484. The number of hydrogen-bond donors (Lipinski definition) is 0. The second-order valence-electron chi connectivity index (χ2n) is 12.9. The molecular weight excluding hydrogens is 643 g/mol. The first-order valence-corrected chi connectivity index (χ1v) is 14.7. The number of carbonyl (C=O) groups excluding carboxylic acids is 4. The number of carbonyl (C=O) groups is 4. The molecule has 242 valence electrons. The van der Waals surface area contributed by atoms with Crippen LogP contribution in [0.1, 0.15) is 95.9 Å². The fourth-order valence-electron chi connectivity index (χ4n) is 2.49. The Morgan fingerprint density at radius 2 is 0.857 bits per heavy atom. The van der Waals surface area contributed by atoms with Gasteiger partial charge in [0.05, 0.1) is 0 Å². The Morgan fingerprint density at radius 3 is 1.10 bits per heavy atom. The van der Waals surface area contributed by atoms with Gasteiger partial charge in [0, 0.05) is 31.6 Å². The minimum absolute atomic E-state index is 0. The largest absolute Gasteiger partial charge is 1.00 e. The molecule has 0 radical (unpaired) electrons. The fourth-order valence-corrected chi connectivity index (χ4v) is 2.74. The topological polar surface area (TPSA) is 144 Å². The summed E-state index contributed by atoms with van der Waals surface area (Å²) in [7, 11) is 0. The molecule has 14 heteroatoms. The summed E-state index contributed by atoms with van der Waals surface area (Å²) in [6, 6.07) is 0. The zero-order valence-electron chi connectivity index (χ0n) is 28.0.